The summed E-state index contributed by atoms with van der Waals surface area (Å²) in [4.78, 5) is 0. The van der Waals surface area contributed by atoms with Crippen molar-refractivity contribution < 1.29 is 13.9 Å². The summed E-state index contributed by atoms with van der Waals surface area (Å²) < 4.78 is 16.8. The Morgan fingerprint density at radius 1 is 1.29 bits per heavy atom. The summed E-state index contributed by atoms with van der Waals surface area (Å²) in [7, 11) is 0. The van der Waals surface area contributed by atoms with E-state index in [9.17, 15) is 0 Å². The highest BCUT2D eigenvalue weighted by Crippen LogP contribution is 2.41. The van der Waals surface area contributed by atoms with Gasteiger partial charge in [0.25, 0.3) is 0 Å². The van der Waals surface area contributed by atoms with Crippen molar-refractivity contribution >= 4 is 39.8 Å². The molecule has 0 saturated carbocycles. The minimum Gasteiger partial charge on any atom is -0.467 e. The Bertz CT molecular complexity index is 839. The molecule has 1 N–H and O–H groups in total. The molecule has 24 heavy (non-hydrogen) atoms. The molecule has 0 amide bonds. The van der Waals surface area contributed by atoms with Crippen molar-refractivity contribution in [1.29, 1.82) is 0 Å². The maximum Gasteiger partial charge on any atom is 0.231 e. The number of benzene rings is 1. The Balaban J connectivity index is 1.35. The van der Waals surface area contributed by atoms with Crippen molar-refractivity contribution in [1.82, 2.24) is 10.2 Å². The summed E-state index contributed by atoms with van der Waals surface area (Å²) in [6.07, 6.45) is 1.65. The molecule has 3 heterocycles. The van der Waals surface area contributed by atoms with Crippen molar-refractivity contribution in [2.75, 3.05) is 12.1 Å². The van der Waals surface area contributed by atoms with Gasteiger partial charge in [0.15, 0.2) is 15.8 Å². The number of rotatable bonds is 6. The molecule has 0 saturated heterocycles. The fourth-order valence-electron chi connectivity index (χ4n) is 2.16. The van der Waals surface area contributed by atoms with E-state index in [0.717, 1.165) is 26.5 Å². The van der Waals surface area contributed by atoms with E-state index in [1.54, 1.807) is 18.0 Å². The van der Waals surface area contributed by atoms with Gasteiger partial charge in [0, 0.05) is 5.75 Å². The number of aromatic nitrogens is 2. The standard InChI is InChI=1S/C15H12ClN3O3S2/c16-11-4-9(5-12-13(11)22-8-21-12)7-23-15-19-18-14(24-15)17-6-10-2-1-3-20-10/h1-5H,6-8H2,(H,17,18). The van der Waals surface area contributed by atoms with Crippen LogP contribution in [0.2, 0.25) is 5.02 Å². The molecule has 9 heteroatoms. The summed E-state index contributed by atoms with van der Waals surface area (Å²) in [5.74, 6) is 2.89. The zero-order valence-corrected chi connectivity index (χ0v) is 14.7. The predicted molar refractivity (Wildman–Crippen MR) is 93.1 cm³/mol. The molecule has 0 bridgehead atoms. The maximum atomic E-state index is 6.19. The molecule has 6 nitrogen and oxygen atoms in total. The molecular weight excluding hydrogens is 370 g/mol. The molecule has 0 radical (unpaired) electrons. The fourth-order valence-corrected chi connectivity index (χ4v) is 4.13. The SMILES string of the molecule is Clc1cc(CSc2nnc(NCc3ccco3)s2)cc2c1OCO2. The van der Waals surface area contributed by atoms with Gasteiger partial charge in [-0.3, -0.25) is 0 Å². The Labute approximate surface area is 151 Å². The quantitative estimate of drug-likeness (QED) is 0.634. The number of thioether (sulfide) groups is 1. The highest BCUT2D eigenvalue weighted by molar-refractivity contribution is 8.00. The van der Waals surface area contributed by atoms with E-state index < -0.39 is 0 Å². The number of nitrogens with zero attached hydrogens (tertiary/aromatic N) is 2. The van der Waals surface area contributed by atoms with Gasteiger partial charge in [0.2, 0.25) is 11.9 Å². The molecule has 0 spiro atoms. The van der Waals surface area contributed by atoms with Gasteiger partial charge in [-0.2, -0.15) is 0 Å². The van der Waals surface area contributed by atoms with Gasteiger partial charge in [-0.15, -0.1) is 10.2 Å². The Hall–Kier alpha value is -1.90. The van der Waals surface area contributed by atoms with Crippen LogP contribution < -0.4 is 14.8 Å². The lowest BCUT2D eigenvalue weighted by Crippen LogP contribution is -1.96. The molecule has 0 aliphatic carbocycles. The van der Waals surface area contributed by atoms with Crippen LogP contribution in [0.4, 0.5) is 5.13 Å². The zero-order valence-electron chi connectivity index (χ0n) is 12.3. The van der Waals surface area contributed by atoms with E-state index >= 15 is 0 Å². The molecule has 124 valence electrons. The first kappa shape index (κ1) is 15.6. The summed E-state index contributed by atoms with van der Waals surface area (Å²) in [6, 6.07) is 7.60. The maximum absolute atomic E-state index is 6.19. The van der Waals surface area contributed by atoms with Crippen LogP contribution in [0.15, 0.2) is 39.3 Å². The topological polar surface area (TPSA) is 69.4 Å². The van der Waals surface area contributed by atoms with Crippen LogP contribution in [0.3, 0.4) is 0 Å². The second-order valence-corrected chi connectivity index (χ2v) is 7.51. The van der Waals surface area contributed by atoms with Crippen molar-refractivity contribution in [2.45, 2.75) is 16.6 Å². The van der Waals surface area contributed by atoms with Gasteiger partial charge in [-0.25, -0.2) is 0 Å². The van der Waals surface area contributed by atoms with Gasteiger partial charge < -0.3 is 19.2 Å². The Morgan fingerprint density at radius 3 is 3.12 bits per heavy atom. The van der Waals surface area contributed by atoms with Gasteiger partial charge in [-0.05, 0) is 29.8 Å². The lowest BCUT2D eigenvalue weighted by atomic mass is 10.2. The molecule has 0 fully saturated rings. The van der Waals surface area contributed by atoms with E-state index in [2.05, 4.69) is 15.5 Å². The number of hydrogen-bond acceptors (Lipinski definition) is 8. The lowest BCUT2D eigenvalue weighted by molar-refractivity contribution is 0.174. The van der Waals surface area contributed by atoms with Crippen LogP contribution in [0, 0.1) is 0 Å². The van der Waals surface area contributed by atoms with Crippen molar-refractivity contribution in [3.63, 3.8) is 0 Å². The highest BCUT2D eigenvalue weighted by atomic mass is 35.5. The third-order valence-electron chi connectivity index (χ3n) is 3.25. The normalized spacial score (nSPS) is 12.5. The van der Waals surface area contributed by atoms with Gasteiger partial charge in [0.1, 0.15) is 5.76 Å². The number of nitrogens with one attached hydrogen (secondary N) is 1. The Kier molecular flexibility index (Phi) is 4.50. The summed E-state index contributed by atoms with van der Waals surface area (Å²) in [5.41, 5.74) is 1.05. The molecule has 2 aromatic heterocycles. The largest absolute Gasteiger partial charge is 0.467 e. The van der Waals surface area contributed by atoms with Crippen LogP contribution in [-0.4, -0.2) is 17.0 Å². The van der Waals surface area contributed by atoms with Gasteiger partial charge >= 0.3 is 0 Å². The van der Waals surface area contributed by atoms with Crippen LogP contribution in [0.1, 0.15) is 11.3 Å². The molecule has 1 aromatic carbocycles. The fraction of sp³-hybridized carbons (Fsp3) is 0.200. The third-order valence-corrected chi connectivity index (χ3v) is 5.62. The first-order valence-corrected chi connectivity index (χ1v) is 9.26. The monoisotopic (exact) mass is 381 g/mol. The lowest BCUT2D eigenvalue weighted by Gasteiger charge is -2.03. The molecule has 3 aromatic rings. The second-order valence-electron chi connectivity index (χ2n) is 4.91. The highest BCUT2D eigenvalue weighted by Gasteiger charge is 2.18. The number of hydrogen-bond donors (Lipinski definition) is 1. The van der Waals surface area contributed by atoms with E-state index in [-0.39, 0.29) is 6.79 Å². The van der Waals surface area contributed by atoms with Crippen LogP contribution in [0.5, 0.6) is 11.5 Å². The number of fused-ring (bicyclic) bond motifs is 1. The first-order valence-electron chi connectivity index (χ1n) is 7.08. The molecule has 0 unspecified atom stereocenters. The summed E-state index contributed by atoms with van der Waals surface area (Å²) >= 11 is 9.29. The van der Waals surface area contributed by atoms with Gasteiger partial charge in [-0.1, -0.05) is 34.7 Å². The van der Waals surface area contributed by atoms with Gasteiger partial charge in [0.05, 0.1) is 17.8 Å². The predicted octanol–water partition coefficient (Wildman–Crippen LogP) is 4.42. The molecule has 0 atom stereocenters. The molecule has 1 aliphatic heterocycles. The number of anilines is 1. The van der Waals surface area contributed by atoms with Crippen LogP contribution in [0.25, 0.3) is 0 Å². The van der Waals surface area contributed by atoms with E-state index in [4.69, 9.17) is 25.5 Å². The van der Waals surface area contributed by atoms with Crippen LogP contribution in [-0.2, 0) is 12.3 Å². The Morgan fingerprint density at radius 2 is 2.25 bits per heavy atom. The number of ether oxygens (including phenoxy) is 2. The molecular formula is C15H12ClN3O3S2. The van der Waals surface area contributed by atoms with E-state index in [1.807, 2.05) is 24.3 Å². The number of halogens is 1. The minimum absolute atomic E-state index is 0.215. The summed E-state index contributed by atoms with van der Waals surface area (Å²) in [6.45, 7) is 0.802. The minimum atomic E-state index is 0.215. The molecule has 4 rings (SSSR count). The average Bonchev–Trinajstić information content (AvgIpc) is 3.32. The average molecular weight is 382 g/mol. The van der Waals surface area contributed by atoms with E-state index in [1.165, 1.54) is 11.3 Å². The van der Waals surface area contributed by atoms with Crippen molar-refractivity contribution in [3.05, 3.63) is 46.9 Å². The molecule has 1 aliphatic rings. The van der Waals surface area contributed by atoms with Crippen LogP contribution >= 0.6 is 34.7 Å². The number of furan rings is 1. The smallest absolute Gasteiger partial charge is 0.231 e. The third kappa shape index (κ3) is 3.45. The van der Waals surface area contributed by atoms with Crippen molar-refractivity contribution in [2.24, 2.45) is 0 Å². The first-order chi connectivity index (χ1) is 11.8. The summed E-state index contributed by atoms with van der Waals surface area (Å²) in [5, 5.41) is 12.8. The zero-order chi connectivity index (χ0) is 16.4. The van der Waals surface area contributed by atoms with Crippen molar-refractivity contribution in [3.8, 4) is 11.5 Å². The van der Waals surface area contributed by atoms with E-state index in [0.29, 0.717) is 23.1 Å². The second kappa shape index (κ2) is 6.92.